The van der Waals surface area contributed by atoms with E-state index in [2.05, 4.69) is 4.98 Å². The van der Waals surface area contributed by atoms with Crippen LogP contribution < -0.4 is 12.4 Å². The molecule has 0 aliphatic heterocycles. The topological polar surface area (TPSA) is 65.5 Å². The number of carboxylic acid groups (broad SMARTS) is 1. The van der Waals surface area contributed by atoms with E-state index in [4.69, 9.17) is 10.5 Å². The van der Waals surface area contributed by atoms with E-state index in [1.165, 1.54) is 24.3 Å². The predicted octanol–water partition coefficient (Wildman–Crippen LogP) is -1.13. The zero-order valence-electron chi connectivity index (χ0n) is 5.94. The second kappa shape index (κ2) is 4.31. The van der Waals surface area contributed by atoms with Crippen LogP contribution in [0.5, 0.6) is 0 Å². The van der Waals surface area contributed by atoms with Crippen LogP contribution in [0.3, 0.4) is 0 Å². The van der Waals surface area contributed by atoms with Crippen molar-refractivity contribution in [3.05, 3.63) is 34.8 Å². The highest BCUT2D eigenvalue weighted by atomic mass is 35.5. The SMILES string of the molecule is N#[N+]c1ccc(C(=O)O)cc1.[Cl-]. The fraction of sp³-hybridized carbons (Fsp3) is 0. The fourth-order valence-corrected chi connectivity index (χ4v) is 0.671. The maximum Gasteiger partial charge on any atom is 0.385 e. The van der Waals surface area contributed by atoms with E-state index in [0.717, 1.165) is 0 Å². The fourth-order valence-electron chi connectivity index (χ4n) is 0.671. The number of diazo groups is 1. The summed E-state index contributed by atoms with van der Waals surface area (Å²) < 4.78 is 0. The molecule has 12 heavy (non-hydrogen) atoms. The minimum atomic E-state index is -0.991. The summed E-state index contributed by atoms with van der Waals surface area (Å²) in [7, 11) is 0. The summed E-state index contributed by atoms with van der Waals surface area (Å²) in [6.45, 7) is 0. The molecule has 0 aromatic heterocycles. The lowest BCUT2D eigenvalue weighted by atomic mass is 10.2. The van der Waals surface area contributed by atoms with Crippen molar-refractivity contribution >= 4 is 11.7 Å². The summed E-state index contributed by atoms with van der Waals surface area (Å²) in [6, 6.07) is 5.58. The molecule has 1 aromatic rings. The second-order valence-electron chi connectivity index (χ2n) is 1.95. The van der Waals surface area contributed by atoms with E-state index in [-0.39, 0.29) is 18.0 Å². The quantitative estimate of drug-likeness (QED) is 0.562. The molecule has 0 atom stereocenters. The Bertz CT molecular complexity index is 315. The molecule has 0 bridgehead atoms. The maximum absolute atomic E-state index is 10.3. The van der Waals surface area contributed by atoms with Crippen LogP contribution in [0.2, 0.25) is 0 Å². The minimum absolute atomic E-state index is 0. The number of halogens is 1. The molecular weight excluding hydrogens is 180 g/mol. The third-order valence-corrected chi connectivity index (χ3v) is 1.23. The van der Waals surface area contributed by atoms with E-state index in [1.54, 1.807) is 0 Å². The average molecular weight is 185 g/mol. The number of benzene rings is 1. The van der Waals surface area contributed by atoms with Gasteiger partial charge in [0, 0.05) is 12.1 Å². The Kier molecular flexibility index (Phi) is 3.74. The maximum atomic E-state index is 10.3. The molecule has 0 fully saturated rings. The van der Waals surface area contributed by atoms with Gasteiger partial charge in [0.25, 0.3) is 0 Å². The van der Waals surface area contributed by atoms with Crippen molar-refractivity contribution in [1.29, 1.82) is 5.39 Å². The molecule has 1 aromatic carbocycles. The average Bonchev–Trinajstić information content (AvgIpc) is 2.05. The van der Waals surface area contributed by atoms with Gasteiger partial charge in [-0.1, -0.05) is 0 Å². The van der Waals surface area contributed by atoms with E-state index < -0.39 is 5.97 Å². The molecule has 0 saturated heterocycles. The first-order valence-corrected chi connectivity index (χ1v) is 2.92. The Balaban J connectivity index is 0.00000121. The zero-order valence-corrected chi connectivity index (χ0v) is 6.69. The van der Waals surface area contributed by atoms with E-state index in [9.17, 15) is 4.79 Å². The molecule has 0 unspecified atom stereocenters. The predicted molar refractivity (Wildman–Crippen MR) is 38.1 cm³/mol. The Labute approximate surface area is 74.9 Å². The van der Waals surface area contributed by atoms with Gasteiger partial charge in [0.05, 0.1) is 5.56 Å². The smallest absolute Gasteiger partial charge is 0.385 e. The van der Waals surface area contributed by atoms with Gasteiger partial charge in [0.15, 0.2) is 4.98 Å². The van der Waals surface area contributed by atoms with Gasteiger partial charge in [-0.15, -0.1) is 0 Å². The lowest BCUT2D eigenvalue weighted by molar-refractivity contribution is -0.0000180. The monoisotopic (exact) mass is 184 g/mol. The lowest BCUT2D eigenvalue weighted by Crippen LogP contribution is -3.00. The third-order valence-electron chi connectivity index (χ3n) is 1.23. The first-order chi connectivity index (χ1) is 5.24. The second-order valence-corrected chi connectivity index (χ2v) is 1.95. The molecule has 0 radical (unpaired) electrons. The van der Waals surface area contributed by atoms with Gasteiger partial charge >= 0.3 is 11.7 Å². The van der Waals surface area contributed by atoms with Crippen molar-refractivity contribution in [2.75, 3.05) is 0 Å². The van der Waals surface area contributed by atoms with Crippen molar-refractivity contribution in [3.63, 3.8) is 0 Å². The number of carbonyl (C=O) groups is 1. The van der Waals surface area contributed by atoms with Crippen LogP contribution in [0, 0.1) is 5.39 Å². The number of rotatable bonds is 1. The molecule has 1 N–H and O–H groups in total. The molecule has 0 saturated carbocycles. The van der Waals surface area contributed by atoms with Gasteiger partial charge in [-0.05, 0) is 12.1 Å². The summed E-state index contributed by atoms with van der Waals surface area (Å²) in [4.78, 5) is 13.2. The largest absolute Gasteiger partial charge is 1.00 e. The molecule has 4 nitrogen and oxygen atoms in total. The first-order valence-electron chi connectivity index (χ1n) is 2.92. The minimum Gasteiger partial charge on any atom is -1.00 e. The van der Waals surface area contributed by atoms with Crippen LogP contribution in [-0.4, -0.2) is 11.1 Å². The van der Waals surface area contributed by atoms with Gasteiger partial charge in [-0.2, -0.15) is 0 Å². The molecule has 5 heteroatoms. The molecule has 62 valence electrons. The Morgan fingerprint density at radius 1 is 1.33 bits per heavy atom. The number of nitrogens with zero attached hydrogens (tertiary/aromatic N) is 2. The third kappa shape index (κ3) is 2.22. The van der Waals surface area contributed by atoms with E-state index in [1.807, 2.05) is 0 Å². The summed E-state index contributed by atoms with van der Waals surface area (Å²) >= 11 is 0. The summed E-state index contributed by atoms with van der Waals surface area (Å²) in [5.41, 5.74) is 0.521. The van der Waals surface area contributed by atoms with Gasteiger partial charge in [0.2, 0.25) is 5.39 Å². The highest BCUT2D eigenvalue weighted by molar-refractivity contribution is 5.87. The number of aromatic carboxylic acids is 1. The van der Waals surface area contributed by atoms with Gasteiger partial charge < -0.3 is 17.5 Å². The van der Waals surface area contributed by atoms with Crippen molar-refractivity contribution in [3.8, 4) is 0 Å². The van der Waals surface area contributed by atoms with Crippen LogP contribution in [0.1, 0.15) is 10.4 Å². The first kappa shape index (κ1) is 10.4. The Morgan fingerprint density at radius 3 is 2.17 bits per heavy atom. The number of hydrogen-bond donors (Lipinski definition) is 1. The van der Waals surface area contributed by atoms with Crippen LogP contribution >= 0.6 is 0 Å². The number of hydrogen-bond acceptors (Lipinski definition) is 2. The van der Waals surface area contributed by atoms with Crippen LogP contribution in [0.15, 0.2) is 24.3 Å². The van der Waals surface area contributed by atoms with Gasteiger partial charge in [-0.3, -0.25) is 0 Å². The van der Waals surface area contributed by atoms with Crippen LogP contribution in [-0.2, 0) is 0 Å². The standard InChI is InChI=1S/C7H4N2O2.ClH/c8-9-6-3-1-5(2-4-6)7(10)11;/h1-4H;1H. The highest BCUT2D eigenvalue weighted by Gasteiger charge is 2.06. The molecule has 0 aliphatic rings. The van der Waals surface area contributed by atoms with Crippen molar-refractivity contribution in [2.45, 2.75) is 0 Å². The Morgan fingerprint density at radius 2 is 1.83 bits per heavy atom. The van der Waals surface area contributed by atoms with Crippen molar-refractivity contribution in [1.82, 2.24) is 0 Å². The van der Waals surface area contributed by atoms with E-state index >= 15 is 0 Å². The summed E-state index contributed by atoms with van der Waals surface area (Å²) in [6.07, 6.45) is 0. The van der Waals surface area contributed by atoms with Crippen LogP contribution in [0.4, 0.5) is 5.69 Å². The van der Waals surface area contributed by atoms with Crippen LogP contribution in [0.25, 0.3) is 4.98 Å². The van der Waals surface area contributed by atoms with Crippen molar-refractivity contribution in [2.24, 2.45) is 0 Å². The van der Waals surface area contributed by atoms with Gasteiger partial charge in [0.1, 0.15) is 0 Å². The highest BCUT2D eigenvalue weighted by Crippen LogP contribution is 2.11. The molecule has 0 aliphatic carbocycles. The molecule has 0 heterocycles. The van der Waals surface area contributed by atoms with Gasteiger partial charge in [-0.25, -0.2) is 4.79 Å². The zero-order chi connectivity index (χ0) is 8.27. The molecule has 1 rings (SSSR count). The van der Waals surface area contributed by atoms with E-state index in [0.29, 0.717) is 5.69 Å². The summed E-state index contributed by atoms with van der Waals surface area (Å²) in [5, 5.41) is 16.7. The lowest BCUT2D eigenvalue weighted by Gasteiger charge is -1.87. The molecule has 0 spiro atoms. The molecule has 0 amide bonds. The van der Waals surface area contributed by atoms with Crippen molar-refractivity contribution < 1.29 is 22.3 Å². The Hall–Kier alpha value is -1.60. The number of carboxylic acids is 1. The normalized spacial score (nSPS) is 7.92. The molecular formula is C7H5ClN2O2. The summed E-state index contributed by atoms with van der Waals surface area (Å²) in [5.74, 6) is -0.991.